The number of nitrogens with zero attached hydrogens (tertiary/aromatic N) is 5. The van der Waals surface area contributed by atoms with Gasteiger partial charge in [0.2, 0.25) is 0 Å². The van der Waals surface area contributed by atoms with Gasteiger partial charge in [0, 0.05) is 31.6 Å². The zero-order valence-corrected chi connectivity index (χ0v) is 25.9. The molecule has 0 unspecified atom stereocenters. The second-order valence-corrected chi connectivity index (χ2v) is 9.98. The van der Waals surface area contributed by atoms with Crippen molar-refractivity contribution in [2.45, 2.75) is 45.6 Å². The topological polar surface area (TPSA) is 185 Å². The summed E-state index contributed by atoms with van der Waals surface area (Å²) in [5.74, 6) is -2.16. The monoisotopic (exact) mass is 702 g/mol. The molecule has 4 amide bonds. The molecule has 0 saturated carbocycles. The molecular formula is C29H28F6N6O8. The van der Waals surface area contributed by atoms with E-state index in [1.54, 1.807) is 6.92 Å². The van der Waals surface area contributed by atoms with E-state index < -0.39 is 58.4 Å². The van der Waals surface area contributed by atoms with E-state index in [0.717, 1.165) is 48.0 Å². The molecular weight excluding hydrogens is 674 g/mol. The van der Waals surface area contributed by atoms with Crippen LogP contribution in [0.25, 0.3) is 0 Å². The summed E-state index contributed by atoms with van der Waals surface area (Å²) in [6.07, 6.45) is -7.67. The molecule has 1 aliphatic heterocycles. The minimum absolute atomic E-state index is 0.0138. The minimum atomic E-state index is -4.57. The molecule has 3 heterocycles. The number of nitrogens with one attached hydrogen (secondary N) is 1. The number of likely N-dealkylation sites (N-methyl/N-ethyl adjacent to an activating group) is 1. The van der Waals surface area contributed by atoms with Crippen LogP contribution in [0.15, 0.2) is 60.9 Å². The average Bonchev–Trinajstić information content (AvgIpc) is 3.22. The summed E-state index contributed by atoms with van der Waals surface area (Å²) in [5.41, 5.74) is -2.13. The number of urea groups is 1. The summed E-state index contributed by atoms with van der Waals surface area (Å²) in [5, 5.41) is 20.7. The molecule has 4 rings (SSSR count). The van der Waals surface area contributed by atoms with E-state index in [-0.39, 0.29) is 29.0 Å². The lowest BCUT2D eigenvalue weighted by Gasteiger charge is -2.14. The maximum atomic E-state index is 12.6. The van der Waals surface area contributed by atoms with Gasteiger partial charge < -0.3 is 14.7 Å². The summed E-state index contributed by atoms with van der Waals surface area (Å²) in [6.45, 7) is 5.05. The molecule has 2 atom stereocenters. The van der Waals surface area contributed by atoms with Gasteiger partial charge in [-0.15, -0.1) is 0 Å². The number of carbonyl (C=O) groups excluding carboxylic acids is 3. The highest BCUT2D eigenvalue weighted by Gasteiger charge is 2.42. The number of nitro benzene ring substituents is 1. The van der Waals surface area contributed by atoms with Gasteiger partial charge in [-0.1, -0.05) is 13.8 Å². The standard InChI is InChI=1S/C13H8F3N3O4.C11H10F3N3O2.C5H10O2/c14-13(15,16)8-5-6-17-11(7-8)18-12(20)23-10-3-1-9(2-4-10)19(21)22;1-6-9(18)17(10(19)16(6)2)8-5-7(3-4-15-8)11(12,13)14;1-3-4(2)5(6)7/h1-7H,(H,17,18,20);3-6H,1-2H3;4H,3H2,1-2H3,(H,6,7)/t;6-;4-/m.01/s1. The van der Waals surface area contributed by atoms with Crippen LogP contribution in [-0.2, 0) is 21.9 Å². The molecule has 1 aliphatic rings. The largest absolute Gasteiger partial charge is 0.481 e. The first kappa shape index (κ1) is 39.4. The third kappa shape index (κ3) is 11.1. The summed E-state index contributed by atoms with van der Waals surface area (Å²) < 4.78 is 80.1. The zero-order chi connectivity index (χ0) is 37.3. The van der Waals surface area contributed by atoms with E-state index in [1.807, 2.05) is 12.2 Å². The number of aliphatic carboxylic acids is 1. The number of nitro groups is 1. The SMILES string of the molecule is CC[C@@H](C)C(=O)O.C[C@H]1C(=O)N(c2cc(C(F)(F)F)ccn2)C(=O)N1C.O=C(Nc1cc(C(F)(F)F)ccn1)Oc1ccc([N+](=O)[O-])cc1. The fraction of sp³-hybridized carbons (Fsp3) is 0.310. The Morgan fingerprint density at radius 1 is 1.00 bits per heavy atom. The van der Waals surface area contributed by atoms with Gasteiger partial charge >= 0.3 is 30.4 Å². The molecule has 0 aliphatic carbocycles. The Kier molecular flexibility index (Phi) is 13.1. The van der Waals surface area contributed by atoms with Crippen LogP contribution in [0.2, 0.25) is 0 Å². The Bertz CT molecular complexity index is 1650. The number of pyridine rings is 2. The third-order valence-corrected chi connectivity index (χ3v) is 6.56. The average molecular weight is 703 g/mol. The van der Waals surface area contributed by atoms with Crippen LogP contribution in [-0.4, -0.2) is 62.0 Å². The zero-order valence-electron chi connectivity index (χ0n) is 25.9. The van der Waals surface area contributed by atoms with Gasteiger partial charge in [0.25, 0.3) is 11.6 Å². The number of non-ortho nitro benzene ring substituents is 1. The predicted octanol–water partition coefficient (Wildman–Crippen LogP) is 6.62. The molecule has 20 heteroatoms. The number of rotatable bonds is 6. The van der Waals surface area contributed by atoms with Crippen LogP contribution in [0.1, 0.15) is 38.3 Å². The number of hydrogen-bond acceptors (Lipinski definition) is 9. The Labute approximate surface area is 273 Å². The van der Waals surface area contributed by atoms with Gasteiger partial charge in [0.1, 0.15) is 23.4 Å². The van der Waals surface area contributed by atoms with Crippen molar-refractivity contribution in [2.24, 2.45) is 5.92 Å². The number of benzene rings is 1. The molecule has 0 bridgehead atoms. The normalized spacial score (nSPS) is 14.9. The smallest absolute Gasteiger partial charge is 0.418 e. The van der Waals surface area contributed by atoms with Crippen LogP contribution in [0, 0.1) is 16.0 Å². The number of aromatic nitrogens is 2. The molecule has 2 aromatic heterocycles. The van der Waals surface area contributed by atoms with Crippen LogP contribution in [0.4, 0.5) is 53.3 Å². The Morgan fingerprint density at radius 2 is 1.53 bits per heavy atom. The van der Waals surface area contributed by atoms with Crippen molar-refractivity contribution in [1.29, 1.82) is 0 Å². The van der Waals surface area contributed by atoms with Crippen LogP contribution in [0.5, 0.6) is 5.75 Å². The molecule has 1 fully saturated rings. The lowest BCUT2D eigenvalue weighted by Crippen LogP contribution is -2.32. The molecule has 3 aromatic rings. The highest BCUT2D eigenvalue weighted by Crippen LogP contribution is 2.32. The van der Waals surface area contributed by atoms with E-state index in [4.69, 9.17) is 9.84 Å². The molecule has 49 heavy (non-hydrogen) atoms. The summed E-state index contributed by atoms with van der Waals surface area (Å²) in [4.78, 5) is 64.0. The van der Waals surface area contributed by atoms with Gasteiger partial charge in [-0.25, -0.2) is 24.5 Å². The first-order valence-electron chi connectivity index (χ1n) is 13.8. The van der Waals surface area contributed by atoms with Crippen molar-refractivity contribution < 1.29 is 60.3 Å². The van der Waals surface area contributed by atoms with Crippen molar-refractivity contribution in [1.82, 2.24) is 14.9 Å². The van der Waals surface area contributed by atoms with E-state index in [9.17, 15) is 55.6 Å². The summed E-state index contributed by atoms with van der Waals surface area (Å²) >= 11 is 0. The van der Waals surface area contributed by atoms with Gasteiger partial charge in [0.05, 0.1) is 22.0 Å². The van der Waals surface area contributed by atoms with E-state index in [2.05, 4.69) is 9.97 Å². The fourth-order valence-corrected chi connectivity index (χ4v) is 3.42. The molecule has 2 N–H and O–H groups in total. The van der Waals surface area contributed by atoms with Crippen molar-refractivity contribution in [3.05, 3.63) is 82.2 Å². The minimum Gasteiger partial charge on any atom is -0.481 e. The Morgan fingerprint density at radius 3 is 1.96 bits per heavy atom. The second kappa shape index (κ2) is 16.3. The van der Waals surface area contributed by atoms with Gasteiger partial charge in [-0.3, -0.25) is 25.0 Å². The van der Waals surface area contributed by atoms with Crippen molar-refractivity contribution >= 4 is 41.3 Å². The van der Waals surface area contributed by atoms with E-state index in [0.29, 0.717) is 17.0 Å². The summed E-state index contributed by atoms with van der Waals surface area (Å²) in [6, 6.07) is 6.05. The molecule has 0 radical (unpaired) electrons. The predicted molar refractivity (Wildman–Crippen MR) is 158 cm³/mol. The number of amides is 4. The van der Waals surface area contributed by atoms with Crippen molar-refractivity contribution in [3.63, 3.8) is 0 Å². The maximum absolute atomic E-state index is 12.6. The highest BCUT2D eigenvalue weighted by atomic mass is 19.4. The lowest BCUT2D eigenvalue weighted by molar-refractivity contribution is -0.384. The number of alkyl halides is 6. The van der Waals surface area contributed by atoms with Gasteiger partial charge in [-0.2, -0.15) is 26.3 Å². The van der Waals surface area contributed by atoms with Crippen LogP contribution >= 0.6 is 0 Å². The number of anilines is 2. The number of carboxylic acid groups (broad SMARTS) is 1. The maximum Gasteiger partial charge on any atom is 0.418 e. The van der Waals surface area contributed by atoms with Gasteiger partial charge in [0.15, 0.2) is 0 Å². The quantitative estimate of drug-likeness (QED) is 0.122. The lowest BCUT2D eigenvalue weighted by atomic mass is 10.1. The highest BCUT2D eigenvalue weighted by molar-refractivity contribution is 6.20. The summed E-state index contributed by atoms with van der Waals surface area (Å²) in [7, 11) is 1.40. The second-order valence-electron chi connectivity index (χ2n) is 9.98. The number of carboxylic acids is 1. The molecule has 1 saturated heterocycles. The van der Waals surface area contributed by atoms with Gasteiger partial charge in [-0.05, 0) is 49.7 Å². The Balaban J connectivity index is 0.000000289. The molecule has 0 spiro atoms. The van der Waals surface area contributed by atoms with E-state index >= 15 is 0 Å². The van der Waals surface area contributed by atoms with Crippen molar-refractivity contribution in [2.75, 3.05) is 17.3 Å². The third-order valence-electron chi connectivity index (χ3n) is 6.56. The number of carbonyl (C=O) groups is 4. The Hall–Kier alpha value is -5.82. The molecule has 14 nitrogen and oxygen atoms in total. The first-order chi connectivity index (χ1) is 22.7. The van der Waals surface area contributed by atoms with Crippen LogP contribution < -0.4 is 15.0 Å². The fourth-order valence-electron chi connectivity index (χ4n) is 3.42. The number of imide groups is 1. The number of halogens is 6. The van der Waals surface area contributed by atoms with Crippen LogP contribution in [0.3, 0.4) is 0 Å². The molecule has 1 aromatic carbocycles. The number of hydrogen-bond donors (Lipinski definition) is 2. The number of ether oxygens (including phenoxy) is 1. The first-order valence-corrected chi connectivity index (χ1v) is 13.8. The van der Waals surface area contributed by atoms with E-state index in [1.165, 1.54) is 26.1 Å². The molecule has 264 valence electrons. The van der Waals surface area contributed by atoms with Crippen molar-refractivity contribution in [3.8, 4) is 5.75 Å².